The Bertz CT molecular complexity index is 822. The maximum Gasteiger partial charge on any atom is 0.331 e. The van der Waals surface area contributed by atoms with Crippen molar-refractivity contribution in [2.45, 2.75) is 31.8 Å². The Labute approximate surface area is 133 Å². The van der Waals surface area contributed by atoms with Crippen molar-refractivity contribution in [3.05, 3.63) is 29.7 Å². The first-order chi connectivity index (χ1) is 11.0. The minimum absolute atomic E-state index is 0.0238. The molecular weight excluding hydrogens is 296 g/mol. The molecule has 1 aliphatic carbocycles. The number of carbonyl (C=O) groups excluding carboxylic acids is 2. The summed E-state index contributed by atoms with van der Waals surface area (Å²) in [5, 5.41) is 9.79. The van der Waals surface area contributed by atoms with Gasteiger partial charge in [-0.3, -0.25) is 14.6 Å². The third-order valence-electron chi connectivity index (χ3n) is 4.52. The first-order valence-electron chi connectivity index (χ1n) is 7.74. The lowest BCUT2D eigenvalue weighted by Gasteiger charge is -2.17. The molecule has 3 amide bonds. The normalized spacial score (nSPS) is 20.0. The first-order valence-corrected chi connectivity index (χ1v) is 7.74. The number of aliphatic hydroxyl groups is 1. The molecule has 120 valence electrons. The highest BCUT2D eigenvalue weighted by atomic mass is 16.3. The van der Waals surface area contributed by atoms with Gasteiger partial charge in [0.15, 0.2) is 5.65 Å². The number of imidazole rings is 1. The van der Waals surface area contributed by atoms with Crippen molar-refractivity contribution in [3.8, 4) is 0 Å². The van der Waals surface area contributed by atoms with E-state index >= 15 is 0 Å². The molecule has 2 aromatic rings. The second kappa shape index (κ2) is 4.79. The molecule has 23 heavy (non-hydrogen) atoms. The van der Waals surface area contributed by atoms with E-state index in [0.29, 0.717) is 22.9 Å². The summed E-state index contributed by atoms with van der Waals surface area (Å²) >= 11 is 0. The minimum Gasteiger partial charge on any atom is -0.387 e. The second-order valence-electron chi connectivity index (χ2n) is 6.33. The quantitative estimate of drug-likeness (QED) is 0.874. The van der Waals surface area contributed by atoms with E-state index in [1.165, 1.54) is 11.9 Å². The van der Waals surface area contributed by atoms with E-state index in [4.69, 9.17) is 0 Å². The summed E-state index contributed by atoms with van der Waals surface area (Å²) in [6, 6.07) is 1.61. The van der Waals surface area contributed by atoms with Crippen LogP contribution in [0.2, 0.25) is 0 Å². The van der Waals surface area contributed by atoms with Gasteiger partial charge in [-0.05, 0) is 37.3 Å². The lowest BCUT2D eigenvalue weighted by molar-refractivity contribution is -0.123. The van der Waals surface area contributed by atoms with Gasteiger partial charge in [-0.2, -0.15) is 0 Å². The van der Waals surface area contributed by atoms with Gasteiger partial charge in [0.25, 0.3) is 0 Å². The van der Waals surface area contributed by atoms with E-state index < -0.39 is 6.10 Å². The molecule has 0 aromatic carbocycles. The third kappa shape index (κ3) is 2.19. The van der Waals surface area contributed by atoms with Crippen molar-refractivity contribution in [2.24, 2.45) is 0 Å². The van der Waals surface area contributed by atoms with Crippen LogP contribution in [0, 0.1) is 0 Å². The molecule has 1 saturated heterocycles. The lowest BCUT2D eigenvalue weighted by Crippen LogP contribution is -2.30. The van der Waals surface area contributed by atoms with E-state index in [2.05, 4.69) is 4.98 Å². The van der Waals surface area contributed by atoms with Crippen molar-refractivity contribution < 1.29 is 14.7 Å². The molecule has 0 radical (unpaired) electrons. The molecule has 2 aliphatic rings. The summed E-state index contributed by atoms with van der Waals surface area (Å²) in [6.45, 7) is 1.68. The van der Waals surface area contributed by atoms with Crippen LogP contribution in [0.4, 0.5) is 10.5 Å². The van der Waals surface area contributed by atoms with Gasteiger partial charge in [0, 0.05) is 19.4 Å². The summed E-state index contributed by atoms with van der Waals surface area (Å²) in [7, 11) is 1.49. The zero-order valence-electron chi connectivity index (χ0n) is 13.1. The van der Waals surface area contributed by atoms with Crippen LogP contribution in [0.1, 0.15) is 43.0 Å². The Morgan fingerprint density at radius 3 is 2.61 bits per heavy atom. The Morgan fingerprint density at radius 2 is 2.04 bits per heavy atom. The van der Waals surface area contributed by atoms with Crippen LogP contribution in [0.15, 0.2) is 18.5 Å². The predicted octanol–water partition coefficient (Wildman–Crippen LogP) is 1.66. The van der Waals surface area contributed by atoms with Gasteiger partial charge in [0.2, 0.25) is 5.91 Å². The molecule has 1 N–H and O–H groups in total. The summed E-state index contributed by atoms with van der Waals surface area (Å²) < 4.78 is 1.85. The number of hydrogen-bond donors (Lipinski definition) is 1. The van der Waals surface area contributed by atoms with Gasteiger partial charge in [0.05, 0.1) is 17.5 Å². The lowest BCUT2D eigenvalue weighted by atomic mass is 10.1. The first kappa shape index (κ1) is 14.2. The fourth-order valence-electron chi connectivity index (χ4n) is 2.95. The fourth-order valence-corrected chi connectivity index (χ4v) is 2.95. The predicted molar refractivity (Wildman–Crippen MR) is 83.3 cm³/mol. The molecule has 1 aliphatic heterocycles. The van der Waals surface area contributed by atoms with Gasteiger partial charge < -0.3 is 9.51 Å². The van der Waals surface area contributed by atoms with Crippen LogP contribution < -0.4 is 4.90 Å². The fraction of sp³-hybridized carbons (Fsp3) is 0.438. The van der Waals surface area contributed by atoms with Crippen LogP contribution in [0.5, 0.6) is 0 Å². The number of rotatable bonds is 3. The van der Waals surface area contributed by atoms with E-state index in [1.807, 2.05) is 16.7 Å². The number of fused-ring (bicyclic) bond motifs is 1. The van der Waals surface area contributed by atoms with Gasteiger partial charge in [-0.15, -0.1) is 0 Å². The standard InChI is InChI=1S/C16H18N4O3/c1-9(21)12-7-19-6-11(10-3-4-10)5-13(15(19)17-12)20-8-14(22)18(2)16(20)23/h5-7,9-10,21H,3-4,8H2,1-2H3. The number of aliphatic hydroxyl groups excluding tert-OH is 1. The Morgan fingerprint density at radius 1 is 1.30 bits per heavy atom. The van der Waals surface area contributed by atoms with Gasteiger partial charge in [0.1, 0.15) is 6.54 Å². The molecule has 7 heteroatoms. The van der Waals surface area contributed by atoms with Crippen molar-refractivity contribution in [3.63, 3.8) is 0 Å². The molecule has 0 spiro atoms. The molecule has 0 bridgehead atoms. The Hall–Kier alpha value is -2.41. The van der Waals surface area contributed by atoms with E-state index in [0.717, 1.165) is 23.3 Å². The monoisotopic (exact) mass is 314 g/mol. The number of likely N-dealkylation sites (N-methyl/N-ethyl adjacent to an activating group) is 1. The van der Waals surface area contributed by atoms with Crippen LogP contribution in [0.25, 0.3) is 5.65 Å². The number of hydrogen-bond acceptors (Lipinski definition) is 4. The van der Waals surface area contributed by atoms with Crippen LogP contribution in [0.3, 0.4) is 0 Å². The topological polar surface area (TPSA) is 78.2 Å². The number of urea groups is 1. The molecule has 2 aromatic heterocycles. The van der Waals surface area contributed by atoms with Crippen molar-refractivity contribution in [1.82, 2.24) is 14.3 Å². The molecule has 7 nitrogen and oxygen atoms in total. The van der Waals surface area contributed by atoms with Crippen LogP contribution in [-0.4, -0.2) is 44.9 Å². The summed E-state index contributed by atoms with van der Waals surface area (Å²) in [4.78, 5) is 31.2. The highest BCUT2D eigenvalue weighted by molar-refractivity contribution is 6.13. The van der Waals surface area contributed by atoms with E-state index in [1.54, 1.807) is 13.1 Å². The third-order valence-corrected chi connectivity index (χ3v) is 4.52. The number of imide groups is 1. The number of nitrogens with zero attached hydrogens (tertiary/aromatic N) is 4. The average Bonchev–Trinajstić information content (AvgIpc) is 3.23. The van der Waals surface area contributed by atoms with Crippen LogP contribution >= 0.6 is 0 Å². The van der Waals surface area contributed by atoms with Crippen molar-refractivity contribution in [2.75, 3.05) is 18.5 Å². The highest BCUT2D eigenvalue weighted by Gasteiger charge is 2.36. The SMILES string of the molecule is CC(O)c1cn2cc(C3CC3)cc(N3CC(=O)N(C)C3=O)c2n1. The molecule has 1 saturated carbocycles. The molecule has 3 heterocycles. The maximum atomic E-state index is 12.3. The number of pyridine rings is 1. The van der Waals surface area contributed by atoms with Gasteiger partial charge in [-0.25, -0.2) is 9.78 Å². The summed E-state index contributed by atoms with van der Waals surface area (Å²) in [6.07, 6.45) is 5.36. The summed E-state index contributed by atoms with van der Waals surface area (Å²) in [5.74, 6) is 0.272. The van der Waals surface area contributed by atoms with Crippen molar-refractivity contribution in [1.29, 1.82) is 0 Å². The average molecular weight is 314 g/mol. The zero-order chi connectivity index (χ0) is 16.3. The number of aromatic nitrogens is 2. The minimum atomic E-state index is -0.689. The maximum absolute atomic E-state index is 12.3. The Kier molecular flexibility index (Phi) is 2.96. The molecule has 1 atom stereocenters. The van der Waals surface area contributed by atoms with E-state index in [-0.39, 0.29) is 18.5 Å². The smallest absolute Gasteiger partial charge is 0.331 e. The second-order valence-corrected chi connectivity index (χ2v) is 6.33. The molecular formula is C16H18N4O3. The molecule has 4 rings (SSSR count). The number of carbonyl (C=O) groups is 2. The largest absolute Gasteiger partial charge is 0.387 e. The zero-order valence-corrected chi connectivity index (χ0v) is 13.1. The number of amides is 3. The molecule has 2 fully saturated rings. The number of anilines is 1. The van der Waals surface area contributed by atoms with Crippen LogP contribution in [-0.2, 0) is 4.79 Å². The summed E-state index contributed by atoms with van der Waals surface area (Å²) in [5.41, 5.74) is 2.90. The highest BCUT2D eigenvalue weighted by Crippen LogP contribution is 2.42. The molecule has 1 unspecified atom stereocenters. The van der Waals surface area contributed by atoms with E-state index in [9.17, 15) is 14.7 Å². The van der Waals surface area contributed by atoms with Gasteiger partial charge in [-0.1, -0.05) is 0 Å². The van der Waals surface area contributed by atoms with Crippen molar-refractivity contribution >= 4 is 23.3 Å². The van der Waals surface area contributed by atoms with Gasteiger partial charge >= 0.3 is 6.03 Å². The Balaban J connectivity index is 1.89.